The molecule has 0 heterocycles. The molecule has 0 aliphatic rings. The van der Waals surface area contributed by atoms with Crippen LogP contribution in [0.15, 0.2) is 0 Å². The number of carbonyl (C=O) groups is 1. The molecule has 3 heteroatoms. The van der Waals surface area contributed by atoms with Gasteiger partial charge in [-0.1, -0.05) is 6.92 Å². The Kier molecular flexibility index (Phi) is 6.59. The van der Waals surface area contributed by atoms with E-state index in [-0.39, 0.29) is 5.97 Å². The molecule has 0 saturated carbocycles. The van der Waals surface area contributed by atoms with Gasteiger partial charge in [-0.2, -0.15) is 0 Å². The molecule has 0 saturated heterocycles. The van der Waals surface area contributed by atoms with Gasteiger partial charge in [-0.05, 0) is 26.8 Å². The monoisotopic (exact) mass is 187 g/mol. The Bertz CT molecular complexity index is 146. The molecule has 0 N–H and O–H groups in total. The zero-order chi connectivity index (χ0) is 10.3. The van der Waals surface area contributed by atoms with Crippen molar-refractivity contribution in [2.75, 3.05) is 19.7 Å². The number of carbonyl (C=O) groups excluding carboxylic acids is 1. The molecule has 78 valence electrons. The van der Waals surface area contributed by atoms with Gasteiger partial charge in [0.2, 0.25) is 0 Å². The maximum atomic E-state index is 10.5. The zero-order valence-corrected chi connectivity index (χ0v) is 9.17. The van der Waals surface area contributed by atoms with Crippen LogP contribution in [0.1, 0.15) is 34.1 Å². The van der Waals surface area contributed by atoms with Crippen molar-refractivity contribution in [3.05, 3.63) is 0 Å². The lowest BCUT2D eigenvalue weighted by Gasteiger charge is -2.25. The highest BCUT2D eigenvalue weighted by molar-refractivity contribution is 5.65. The molecule has 0 aliphatic carbocycles. The van der Waals surface area contributed by atoms with E-state index in [1.165, 1.54) is 6.92 Å². The molecule has 0 bridgehead atoms. The molecule has 0 amide bonds. The normalized spacial score (nSPS) is 10.9. The Labute approximate surface area is 81.1 Å². The fourth-order valence-corrected chi connectivity index (χ4v) is 1.22. The second-order valence-electron chi connectivity index (χ2n) is 3.47. The lowest BCUT2D eigenvalue weighted by atomic mass is 10.3. The smallest absolute Gasteiger partial charge is 0.302 e. The van der Waals surface area contributed by atoms with E-state index >= 15 is 0 Å². The largest absolute Gasteiger partial charge is 0.465 e. The molecular formula is C10H21NO2. The summed E-state index contributed by atoms with van der Waals surface area (Å²) in [6, 6.07) is 0.524. The molecule has 0 rings (SSSR count). The SMILES string of the molecule is CCCN(CCOC(C)=O)C(C)C. The third kappa shape index (κ3) is 6.58. The highest BCUT2D eigenvalue weighted by Crippen LogP contribution is 1.98. The first kappa shape index (κ1) is 12.4. The summed E-state index contributed by atoms with van der Waals surface area (Å²) in [6.45, 7) is 10.3. The summed E-state index contributed by atoms with van der Waals surface area (Å²) in [4.78, 5) is 12.8. The van der Waals surface area contributed by atoms with Crippen molar-refractivity contribution in [3.8, 4) is 0 Å². The van der Waals surface area contributed by atoms with E-state index in [2.05, 4.69) is 25.7 Å². The van der Waals surface area contributed by atoms with Gasteiger partial charge in [0.1, 0.15) is 6.61 Å². The van der Waals surface area contributed by atoms with E-state index in [1.807, 2.05) is 0 Å². The number of esters is 1. The quantitative estimate of drug-likeness (QED) is 0.592. The Morgan fingerprint density at radius 3 is 2.38 bits per heavy atom. The van der Waals surface area contributed by atoms with Gasteiger partial charge in [0, 0.05) is 19.5 Å². The van der Waals surface area contributed by atoms with E-state index < -0.39 is 0 Å². The molecule has 0 unspecified atom stereocenters. The molecule has 0 aromatic heterocycles. The molecular weight excluding hydrogens is 166 g/mol. The lowest BCUT2D eigenvalue weighted by molar-refractivity contribution is -0.141. The zero-order valence-electron chi connectivity index (χ0n) is 9.17. The predicted octanol–water partition coefficient (Wildman–Crippen LogP) is 1.67. The summed E-state index contributed by atoms with van der Waals surface area (Å²) in [5.41, 5.74) is 0. The fraction of sp³-hybridized carbons (Fsp3) is 0.900. The number of hydrogen-bond donors (Lipinski definition) is 0. The Hall–Kier alpha value is -0.570. The summed E-state index contributed by atoms with van der Waals surface area (Å²) in [5.74, 6) is -0.194. The number of nitrogens with zero attached hydrogens (tertiary/aromatic N) is 1. The second kappa shape index (κ2) is 6.89. The summed E-state index contributed by atoms with van der Waals surface area (Å²) in [6.07, 6.45) is 1.14. The molecule has 0 aromatic carbocycles. The Balaban J connectivity index is 3.62. The van der Waals surface area contributed by atoms with Crippen molar-refractivity contribution in [3.63, 3.8) is 0 Å². The predicted molar refractivity (Wildman–Crippen MR) is 53.6 cm³/mol. The van der Waals surface area contributed by atoms with E-state index in [0.29, 0.717) is 12.6 Å². The minimum atomic E-state index is -0.194. The molecule has 0 radical (unpaired) electrons. The third-order valence-corrected chi connectivity index (χ3v) is 1.92. The minimum absolute atomic E-state index is 0.194. The number of rotatable bonds is 6. The van der Waals surface area contributed by atoms with Crippen LogP contribution < -0.4 is 0 Å². The Morgan fingerprint density at radius 1 is 1.38 bits per heavy atom. The van der Waals surface area contributed by atoms with Crippen LogP contribution in [0.5, 0.6) is 0 Å². The maximum absolute atomic E-state index is 10.5. The number of hydrogen-bond acceptors (Lipinski definition) is 3. The van der Waals surface area contributed by atoms with Gasteiger partial charge in [0.15, 0.2) is 0 Å². The van der Waals surface area contributed by atoms with Gasteiger partial charge >= 0.3 is 5.97 Å². The maximum Gasteiger partial charge on any atom is 0.302 e. The standard InChI is InChI=1S/C10H21NO2/c1-5-6-11(9(2)3)7-8-13-10(4)12/h9H,5-8H2,1-4H3. The first-order valence-electron chi connectivity index (χ1n) is 4.95. The summed E-state index contributed by atoms with van der Waals surface area (Å²) in [7, 11) is 0. The van der Waals surface area contributed by atoms with Gasteiger partial charge in [-0.3, -0.25) is 9.69 Å². The molecule has 0 aromatic rings. The van der Waals surface area contributed by atoms with Crippen molar-refractivity contribution in [1.29, 1.82) is 0 Å². The van der Waals surface area contributed by atoms with Crippen LogP contribution in [0.4, 0.5) is 0 Å². The van der Waals surface area contributed by atoms with Gasteiger partial charge in [0.05, 0.1) is 0 Å². The van der Waals surface area contributed by atoms with Crippen molar-refractivity contribution >= 4 is 5.97 Å². The highest BCUT2D eigenvalue weighted by Gasteiger charge is 2.07. The molecule has 0 aliphatic heterocycles. The Morgan fingerprint density at radius 2 is 2.00 bits per heavy atom. The van der Waals surface area contributed by atoms with Crippen molar-refractivity contribution in [2.24, 2.45) is 0 Å². The fourth-order valence-electron chi connectivity index (χ4n) is 1.22. The molecule has 0 spiro atoms. The third-order valence-electron chi connectivity index (χ3n) is 1.92. The first-order valence-corrected chi connectivity index (χ1v) is 4.95. The van der Waals surface area contributed by atoms with Crippen molar-refractivity contribution in [2.45, 2.75) is 40.2 Å². The summed E-state index contributed by atoms with van der Waals surface area (Å²) >= 11 is 0. The van der Waals surface area contributed by atoms with Gasteiger partial charge in [-0.15, -0.1) is 0 Å². The first-order chi connectivity index (χ1) is 6.07. The van der Waals surface area contributed by atoms with Crippen molar-refractivity contribution < 1.29 is 9.53 Å². The minimum Gasteiger partial charge on any atom is -0.465 e. The van der Waals surface area contributed by atoms with E-state index in [1.54, 1.807) is 0 Å². The summed E-state index contributed by atoms with van der Waals surface area (Å²) in [5, 5.41) is 0. The van der Waals surface area contributed by atoms with Crippen LogP contribution in [-0.2, 0) is 9.53 Å². The second-order valence-corrected chi connectivity index (χ2v) is 3.47. The number of ether oxygens (including phenoxy) is 1. The molecule has 13 heavy (non-hydrogen) atoms. The van der Waals surface area contributed by atoms with E-state index in [9.17, 15) is 4.79 Å². The van der Waals surface area contributed by atoms with E-state index in [4.69, 9.17) is 4.74 Å². The van der Waals surface area contributed by atoms with Crippen LogP contribution in [0, 0.1) is 0 Å². The molecule has 3 nitrogen and oxygen atoms in total. The lowest BCUT2D eigenvalue weighted by Crippen LogP contribution is -2.34. The molecule has 0 atom stereocenters. The summed E-state index contributed by atoms with van der Waals surface area (Å²) < 4.78 is 4.89. The van der Waals surface area contributed by atoms with Gasteiger partial charge in [-0.25, -0.2) is 0 Å². The van der Waals surface area contributed by atoms with Crippen molar-refractivity contribution in [1.82, 2.24) is 4.90 Å². The average molecular weight is 187 g/mol. The van der Waals surface area contributed by atoms with Crippen LogP contribution >= 0.6 is 0 Å². The van der Waals surface area contributed by atoms with Crippen LogP contribution in [0.3, 0.4) is 0 Å². The van der Waals surface area contributed by atoms with Crippen LogP contribution in [-0.4, -0.2) is 36.6 Å². The van der Waals surface area contributed by atoms with Gasteiger partial charge < -0.3 is 4.74 Å². The van der Waals surface area contributed by atoms with Crippen LogP contribution in [0.2, 0.25) is 0 Å². The average Bonchev–Trinajstić information content (AvgIpc) is 2.02. The van der Waals surface area contributed by atoms with Crippen LogP contribution in [0.25, 0.3) is 0 Å². The highest BCUT2D eigenvalue weighted by atomic mass is 16.5. The van der Waals surface area contributed by atoms with E-state index in [0.717, 1.165) is 19.5 Å². The topological polar surface area (TPSA) is 29.5 Å². The molecule has 0 fully saturated rings. The van der Waals surface area contributed by atoms with Gasteiger partial charge in [0.25, 0.3) is 0 Å².